The maximum absolute atomic E-state index is 13.1. The highest BCUT2D eigenvalue weighted by atomic mass is 16.5. The first-order valence-electron chi connectivity index (χ1n) is 11.0. The summed E-state index contributed by atoms with van der Waals surface area (Å²) >= 11 is 0. The zero-order valence-corrected chi connectivity index (χ0v) is 19.4. The molecule has 3 aromatic rings. The molecular formula is C27H26N4O4. The zero-order chi connectivity index (χ0) is 25.2. The van der Waals surface area contributed by atoms with Gasteiger partial charge in [0.05, 0.1) is 22.5 Å². The summed E-state index contributed by atoms with van der Waals surface area (Å²) in [7, 11) is 0. The van der Waals surface area contributed by atoms with Crippen molar-refractivity contribution in [1.82, 2.24) is 0 Å². The van der Waals surface area contributed by atoms with Gasteiger partial charge in [-0.25, -0.2) is 4.79 Å². The van der Waals surface area contributed by atoms with Crippen LogP contribution >= 0.6 is 0 Å². The molecule has 8 heteroatoms. The predicted octanol–water partition coefficient (Wildman–Crippen LogP) is 3.46. The smallest absolute Gasteiger partial charge is 0.338 e. The van der Waals surface area contributed by atoms with Gasteiger partial charge < -0.3 is 26.8 Å². The van der Waals surface area contributed by atoms with Gasteiger partial charge in [-0.05, 0) is 49.2 Å². The number of hydrogen-bond donors (Lipinski definition) is 4. The number of amides is 2. The fourth-order valence-corrected chi connectivity index (χ4v) is 3.78. The molecule has 0 bridgehead atoms. The van der Waals surface area contributed by atoms with Crippen LogP contribution in [0, 0.1) is 0 Å². The van der Waals surface area contributed by atoms with E-state index in [4.69, 9.17) is 16.2 Å². The van der Waals surface area contributed by atoms with Crippen molar-refractivity contribution >= 4 is 40.4 Å². The third-order valence-electron chi connectivity index (χ3n) is 5.56. The van der Waals surface area contributed by atoms with Crippen LogP contribution in [0.3, 0.4) is 0 Å². The molecule has 1 aliphatic heterocycles. The Hall–Kier alpha value is -4.43. The van der Waals surface area contributed by atoms with Gasteiger partial charge in [-0.2, -0.15) is 0 Å². The molecule has 0 spiro atoms. The first-order valence-corrected chi connectivity index (χ1v) is 11.0. The number of hydrogen-bond acceptors (Lipinski definition) is 6. The Balaban J connectivity index is 1.75. The van der Waals surface area contributed by atoms with Crippen molar-refractivity contribution in [3.8, 4) is 0 Å². The first-order chi connectivity index (χ1) is 16.6. The van der Waals surface area contributed by atoms with Gasteiger partial charge in [-0.15, -0.1) is 0 Å². The molecule has 8 nitrogen and oxygen atoms in total. The van der Waals surface area contributed by atoms with Crippen molar-refractivity contribution < 1.29 is 19.1 Å². The van der Waals surface area contributed by atoms with Crippen molar-refractivity contribution in [3.05, 3.63) is 95.1 Å². The van der Waals surface area contributed by atoms with Crippen LogP contribution in [0.5, 0.6) is 0 Å². The van der Waals surface area contributed by atoms with Crippen LogP contribution in [-0.2, 0) is 19.9 Å². The average molecular weight is 471 g/mol. The van der Waals surface area contributed by atoms with Gasteiger partial charge in [-0.1, -0.05) is 48.5 Å². The standard InChI is InChI=1S/C27H26N4O4/c1-27(2,29)18-9-11-19(12-10-18)30-24(16-6-4-3-5-7-16)23-20-13-8-17(14-21(20)31-25(23)33)26(34)35-15-22(28)32/h3-14,30H,15,29H2,1-2H3,(H2,28,32)(H,31,33)/b24-23-. The lowest BCUT2D eigenvalue weighted by atomic mass is 9.95. The molecule has 6 N–H and O–H groups in total. The van der Waals surface area contributed by atoms with E-state index in [1.54, 1.807) is 12.1 Å². The van der Waals surface area contributed by atoms with Gasteiger partial charge in [0, 0.05) is 16.8 Å². The Kier molecular flexibility index (Phi) is 6.40. The monoisotopic (exact) mass is 470 g/mol. The molecule has 0 radical (unpaired) electrons. The molecule has 0 aliphatic carbocycles. The van der Waals surface area contributed by atoms with Gasteiger partial charge in [-0.3, -0.25) is 9.59 Å². The summed E-state index contributed by atoms with van der Waals surface area (Å²) < 4.78 is 4.87. The van der Waals surface area contributed by atoms with E-state index in [0.29, 0.717) is 22.5 Å². The number of rotatable bonds is 7. The summed E-state index contributed by atoms with van der Waals surface area (Å²) in [5, 5.41) is 6.21. The Bertz CT molecular complexity index is 1320. The van der Waals surface area contributed by atoms with Gasteiger partial charge in [0.2, 0.25) is 0 Å². The van der Waals surface area contributed by atoms with E-state index in [1.807, 2.05) is 68.4 Å². The highest BCUT2D eigenvalue weighted by Gasteiger charge is 2.29. The topological polar surface area (TPSA) is 137 Å². The second-order valence-electron chi connectivity index (χ2n) is 8.80. The molecule has 178 valence electrons. The molecule has 0 aromatic heterocycles. The van der Waals surface area contributed by atoms with E-state index in [0.717, 1.165) is 16.8 Å². The molecule has 0 fully saturated rings. The number of primary amides is 1. The maximum atomic E-state index is 13.1. The van der Waals surface area contributed by atoms with Gasteiger partial charge >= 0.3 is 5.97 Å². The van der Waals surface area contributed by atoms with E-state index in [9.17, 15) is 14.4 Å². The van der Waals surface area contributed by atoms with Crippen molar-refractivity contribution in [2.24, 2.45) is 11.5 Å². The van der Waals surface area contributed by atoms with E-state index in [-0.39, 0.29) is 11.5 Å². The van der Waals surface area contributed by atoms with E-state index < -0.39 is 24.0 Å². The summed E-state index contributed by atoms with van der Waals surface area (Å²) in [6.07, 6.45) is 0. The minimum atomic E-state index is -0.750. The van der Waals surface area contributed by atoms with Crippen molar-refractivity contribution in [3.63, 3.8) is 0 Å². The number of nitrogens with two attached hydrogens (primary N) is 2. The van der Waals surface area contributed by atoms with Crippen LogP contribution in [0.25, 0.3) is 11.3 Å². The number of carbonyl (C=O) groups excluding carboxylic acids is 3. The third kappa shape index (κ3) is 5.23. The van der Waals surface area contributed by atoms with Gasteiger partial charge in [0.1, 0.15) is 0 Å². The largest absolute Gasteiger partial charge is 0.452 e. The Labute approximate surface area is 203 Å². The van der Waals surface area contributed by atoms with E-state index in [1.165, 1.54) is 6.07 Å². The second-order valence-corrected chi connectivity index (χ2v) is 8.80. The van der Waals surface area contributed by atoms with Crippen LogP contribution in [-0.4, -0.2) is 24.4 Å². The number of carbonyl (C=O) groups is 3. The molecule has 0 saturated carbocycles. The number of benzene rings is 3. The van der Waals surface area contributed by atoms with E-state index >= 15 is 0 Å². The summed E-state index contributed by atoms with van der Waals surface area (Å²) in [5.74, 6) is -1.77. The molecule has 0 saturated heterocycles. The molecule has 1 heterocycles. The molecular weight excluding hydrogens is 444 g/mol. The zero-order valence-electron chi connectivity index (χ0n) is 19.4. The minimum Gasteiger partial charge on any atom is -0.452 e. The molecule has 0 atom stereocenters. The fraction of sp³-hybridized carbons (Fsp3) is 0.148. The summed E-state index contributed by atoms with van der Waals surface area (Å²) in [4.78, 5) is 36.2. The normalized spacial score (nSPS) is 14.1. The quantitative estimate of drug-likeness (QED) is 0.308. The second kappa shape index (κ2) is 9.44. The Morgan fingerprint density at radius 2 is 1.66 bits per heavy atom. The molecule has 0 unspecified atom stereocenters. The molecule has 3 aromatic carbocycles. The van der Waals surface area contributed by atoms with E-state index in [2.05, 4.69) is 10.6 Å². The Morgan fingerprint density at radius 1 is 0.971 bits per heavy atom. The lowest BCUT2D eigenvalue weighted by molar-refractivity contribution is -0.121. The van der Waals surface area contributed by atoms with Gasteiger partial charge in [0.15, 0.2) is 6.61 Å². The average Bonchev–Trinajstić information content (AvgIpc) is 3.16. The van der Waals surface area contributed by atoms with Crippen LogP contribution in [0.2, 0.25) is 0 Å². The van der Waals surface area contributed by atoms with Crippen LogP contribution in [0.15, 0.2) is 72.8 Å². The molecule has 35 heavy (non-hydrogen) atoms. The van der Waals surface area contributed by atoms with Crippen molar-refractivity contribution in [2.75, 3.05) is 17.2 Å². The van der Waals surface area contributed by atoms with Crippen LogP contribution < -0.4 is 22.1 Å². The lowest BCUT2D eigenvalue weighted by Crippen LogP contribution is -2.28. The highest BCUT2D eigenvalue weighted by molar-refractivity contribution is 6.37. The van der Waals surface area contributed by atoms with Crippen molar-refractivity contribution in [1.29, 1.82) is 0 Å². The Morgan fingerprint density at radius 3 is 2.29 bits per heavy atom. The minimum absolute atomic E-state index is 0.195. The summed E-state index contributed by atoms with van der Waals surface area (Å²) in [5.41, 5.74) is 15.7. The predicted molar refractivity (Wildman–Crippen MR) is 135 cm³/mol. The van der Waals surface area contributed by atoms with Crippen molar-refractivity contribution in [2.45, 2.75) is 19.4 Å². The number of nitrogens with one attached hydrogen (secondary N) is 2. The van der Waals surface area contributed by atoms with Crippen LogP contribution in [0.1, 0.15) is 40.9 Å². The number of fused-ring (bicyclic) bond motifs is 1. The fourth-order valence-electron chi connectivity index (χ4n) is 3.78. The lowest BCUT2D eigenvalue weighted by Gasteiger charge is -2.20. The first kappa shape index (κ1) is 23.7. The molecule has 4 rings (SSSR count). The van der Waals surface area contributed by atoms with Gasteiger partial charge in [0.25, 0.3) is 11.8 Å². The SMILES string of the molecule is CC(C)(N)c1ccc(N/C(=C2\C(=O)Nc3cc(C(=O)OCC(N)=O)ccc32)c2ccccc2)cc1. The summed E-state index contributed by atoms with van der Waals surface area (Å²) in [6, 6.07) is 22.0. The highest BCUT2D eigenvalue weighted by Crippen LogP contribution is 2.38. The molecule has 1 aliphatic rings. The number of esters is 1. The number of ether oxygens (including phenoxy) is 1. The maximum Gasteiger partial charge on any atom is 0.338 e. The third-order valence-corrected chi connectivity index (χ3v) is 5.56. The number of anilines is 2. The summed E-state index contributed by atoms with van der Waals surface area (Å²) in [6.45, 7) is 3.35. The van der Waals surface area contributed by atoms with Crippen LogP contribution in [0.4, 0.5) is 11.4 Å². The molecule has 2 amide bonds.